The van der Waals surface area contributed by atoms with Crippen molar-refractivity contribution < 1.29 is 9.21 Å². The number of unbranched alkanes of at least 4 members (excludes halogenated alkanes) is 4. The highest BCUT2D eigenvalue weighted by Crippen LogP contribution is 2.16. The molecule has 1 heterocycles. The molecule has 0 aromatic carbocycles. The van der Waals surface area contributed by atoms with Gasteiger partial charge in [0, 0.05) is 12.1 Å². The van der Waals surface area contributed by atoms with E-state index in [-0.39, 0.29) is 5.91 Å². The van der Waals surface area contributed by atoms with E-state index in [0.717, 1.165) is 24.2 Å². The minimum absolute atomic E-state index is 0.148. The zero-order valence-electron chi connectivity index (χ0n) is 11.2. The Morgan fingerprint density at radius 3 is 2.67 bits per heavy atom. The molecule has 0 saturated heterocycles. The minimum Gasteiger partial charge on any atom is -0.456 e. The highest BCUT2D eigenvalue weighted by Gasteiger charge is 2.13. The summed E-state index contributed by atoms with van der Waals surface area (Å²) in [5.41, 5.74) is 0.879. The number of hydrogen-bond acceptors (Lipinski definition) is 2. The van der Waals surface area contributed by atoms with Crippen LogP contribution in [0.5, 0.6) is 0 Å². The molecule has 0 bridgehead atoms. The average molecular weight is 272 g/mol. The molecule has 1 aromatic heterocycles. The van der Waals surface area contributed by atoms with Crippen LogP contribution in [0, 0.1) is 6.92 Å². The van der Waals surface area contributed by atoms with Gasteiger partial charge in [0.15, 0.2) is 5.76 Å². The second-order valence-electron chi connectivity index (χ2n) is 4.50. The third-order valence-electron chi connectivity index (χ3n) is 2.95. The van der Waals surface area contributed by atoms with Crippen molar-refractivity contribution in [1.29, 1.82) is 0 Å². The Labute approximate surface area is 114 Å². The Morgan fingerprint density at radius 1 is 1.33 bits per heavy atom. The van der Waals surface area contributed by atoms with E-state index in [0.29, 0.717) is 18.2 Å². The minimum atomic E-state index is -0.148. The van der Waals surface area contributed by atoms with Gasteiger partial charge in [-0.2, -0.15) is 0 Å². The Kier molecular flexibility index (Phi) is 6.88. The van der Waals surface area contributed by atoms with E-state index in [1.165, 1.54) is 19.3 Å². The van der Waals surface area contributed by atoms with Crippen molar-refractivity contribution in [2.75, 3.05) is 6.54 Å². The van der Waals surface area contributed by atoms with Crippen molar-refractivity contribution in [2.45, 2.75) is 51.8 Å². The SMILES string of the molecule is CCCCCCCNC(=O)c1cc(CCl)c(C)o1. The Bertz CT molecular complexity index is 374. The predicted octanol–water partition coefficient (Wildman–Crippen LogP) is 4.03. The molecule has 0 spiro atoms. The molecule has 4 heteroatoms. The van der Waals surface area contributed by atoms with E-state index in [2.05, 4.69) is 12.2 Å². The maximum atomic E-state index is 11.8. The van der Waals surface area contributed by atoms with Crippen LogP contribution in [-0.4, -0.2) is 12.5 Å². The van der Waals surface area contributed by atoms with Crippen molar-refractivity contribution in [2.24, 2.45) is 0 Å². The molecular formula is C14H22ClNO2. The van der Waals surface area contributed by atoms with E-state index in [1.807, 2.05) is 6.92 Å². The molecule has 1 aromatic rings. The summed E-state index contributed by atoms with van der Waals surface area (Å²) in [5.74, 6) is 1.30. The Hall–Kier alpha value is -0.960. The van der Waals surface area contributed by atoms with Crippen LogP contribution in [0.3, 0.4) is 0 Å². The van der Waals surface area contributed by atoms with Gasteiger partial charge in [0.2, 0.25) is 0 Å². The molecule has 0 radical (unpaired) electrons. The van der Waals surface area contributed by atoms with E-state index in [9.17, 15) is 4.79 Å². The number of carbonyl (C=O) groups is 1. The molecule has 1 amide bonds. The second-order valence-corrected chi connectivity index (χ2v) is 4.76. The van der Waals surface area contributed by atoms with Gasteiger partial charge in [0.1, 0.15) is 5.76 Å². The lowest BCUT2D eigenvalue weighted by atomic mass is 10.1. The van der Waals surface area contributed by atoms with Crippen LogP contribution in [0.25, 0.3) is 0 Å². The zero-order valence-corrected chi connectivity index (χ0v) is 12.0. The molecule has 18 heavy (non-hydrogen) atoms. The summed E-state index contributed by atoms with van der Waals surface area (Å²) in [6, 6.07) is 1.72. The highest BCUT2D eigenvalue weighted by molar-refractivity contribution is 6.17. The summed E-state index contributed by atoms with van der Waals surface area (Å²) in [6.07, 6.45) is 5.93. The lowest BCUT2D eigenvalue weighted by molar-refractivity contribution is 0.0924. The third kappa shape index (κ3) is 4.73. The second kappa shape index (κ2) is 8.20. The van der Waals surface area contributed by atoms with Crippen molar-refractivity contribution in [3.63, 3.8) is 0 Å². The zero-order chi connectivity index (χ0) is 13.4. The summed E-state index contributed by atoms with van der Waals surface area (Å²) in [7, 11) is 0. The lowest BCUT2D eigenvalue weighted by Gasteiger charge is -2.02. The molecule has 0 aliphatic carbocycles. The molecule has 0 atom stereocenters. The fourth-order valence-electron chi connectivity index (χ4n) is 1.78. The summed E-state index contributed by atoms with van der Waals surface area (Å²) in [6.45, 7) is 4.72. The number of amides is 1. The van der Waals surface area contributed by atoms with Crippen LogP contribution < -0.4 is 5.32 Å². The molecule has 0 aliphatic heterocycles. The molecule has 1 rings (SSSR count). The molecule has 0 saturated carbocycles. The van der Waals surface area contributed by atoms with Crippen LogP contribution in [0.4, 0.5) is 0 Å². The van der Waals surface area contributed by atoms with E-state index in [1.54, 1.807) is 6.07 Å². The van der Waals surface area contributed by atoms with Gasteiger partial charge in [-0.25, -0.2) is 0 Å². The van der Waals surface area contributed by atoms with Crippen LogP contribution in [-0.2, 0) is 5.88 Å². The Morgan fingerprint density at radius 2 is 2.06 bits per heavy atom. The molecular weight excluding hydrogens is 250 g/mol. The first-order valence-electron chi connectivity index (χ1n) is 6.62. The fourth-order valence-corrected chi connectivity index (χ4v) is 2.05. The van der Waals surface area contributed by atoms with Gasteiger partial charge < -0.3 is 9.73 Å². The van der Waals surface area contributed by atoms with Gasteiger partial charge in [-0.05, 0) is 19.4 Å². The Balaban J connectivity index is 2.27. The standard InChI is InChI=1S/C14H22ClNO2/c1-3-4-5-6-7-8-16-14(17)13-9-12(10-15)11(2)18-13/h9H,3-8,10H2,1-2H3,(H,16,17). The largest absolute Gasteiger partial charge is 0.456 e. The van der Waals surface area contributed by atoms with Gasteiger partial charge >= 0.3 is 0 Å². The number of carbonyl (C=O) groups excluding carboxylic acids is 1. The molecule has 0 unspecified atom stereocenters. The molecule has 102 valence electrons. The predicted molar refractivity (Wildman–Crippen MR) is 74.1 cm³/mol. The summed E-state index contributed by atoms with van der Waals surface area (Å²) < 4.78 is 5.37. The molecule has 0 fully saturated rings. The van der Waals surface area contributed by atoms with Gasteiger partial charge in [-0.1, -0.05) is 32.6 Å². The summed E-state index contributed by atoms with van der Waals surface area (Å²) >= 11 is 5.73. The monoisotopic (exact) mass is 271 g/mol. The molecule has 1 N–H and O–H groups in total. The number of nitrogens with one attached hydrogen (secondary N) is 1. The van der Waals surface area contributed by atoms with E-state index in [4.69, 9.17) is 16.0 Å². The fraction of sp³-hybridized carbons (Fsp3) is 0.643. The maximum absolute atomic E-state index is 11.8. The van der Waals surface area contributed by atoms with Gasteiger partial charge in [-0.3, -0.25) is 4.79 Å². The molecule has 3 nitrogen and oxygen atoms in total. The maximum Gasteiger partial charge on any atom is 0.287 e. The van der Waals surface area contributed by atoms with Crippen LogP contribution >= 0.6 is 11.6 Å². The van der Waals surface area contributed by atoms with Crippen molar-refractivity contribution >= 4 is 17.5 Å². The quantitative estimate of drug-likeness (QED) is 0.573. The first-order valence-corrected chi connectivity index (χ1v) is 7.16. The number of hydrogen-bond donors (Lipinski definition) is 1. The van der Waals surface area contributed by atoms with Crippen molar-refractivity contribution in [3.8, 4) is 0 Å². The van der Waals surface area contributed by atoms with Crippen molar-refractivity contribution in [3.05, 3.63) is 23.2 Å². The van der Waals surface area contributed by atoms with Crippen molar-refractivity contribution in [1.82, 2.24) is 5.32 Å². The topological polar surface area (TPSA) is 42.2 Å². The number of rotatable bonds is 8. The van der Waals surface area contributed by atoms with Gasteiger partial charge in [0.05, 0.1) is 5.88 Å². The van der Waals surface area contributed by atoms with Crippen LogP contribution in [0.1, 0.15) is 60.9 Å². The smallest absolute Gasteiger partial charge is 0.287 e. The number of alkyl halides is 1. The van der Waals surface area contributed by atoms with Gasteiger partial charge in [-0.15, -0.1) is 11.6 Å². The van der Waals surface area contributed by atoms with E-state index >= 15 is 0 Å². The first-order chi connectivity index (χ1) is 8.69. The first kappa shape index (κ1) is 15.1. The summed E-state index contributed by atoms with van der Waals surface area (Å²) in [4.78, 5) is 11.8. The molecule has 0 aliphatic rings. The summed E-state index contributed by atoms with van der Waals surface area (Å²) in [5, 5.41) is 2.86. The van der Waals surface area contributed by atoms with Crippen LogP contribution in [0.15, 0.2) is 10.5 Å². The number of furan rings is 1. The van der Waals surface area contributed by atoms with Crippen LogP contribution in [0.2, 0.25) is 0 Å². The normalized spacial score (nSPS) is 10.6. The average Bonchev–Trinajstić information content (AvgIpc) is 2.74. The number of halogens is 1. The highest BCUT2D eigenvalue weighted by atomic mass is 35.5. The van der Waals surface area contributed by atoms with Gasteiger partial charge in [0.25, 0.3) is 5.91 Å². The number of aryl methyl sites for hydroxylation is 1. The third-order valence-corrected chi connectivity index (χ3v) is 3.24. The lowest BCUT2D eigenvalue weighted by Crippen LogP contribution is -2.23. The van der Waals surface area contributed by atoms with E-state index < -0.39 is 0 Å².